The molecule has 1 aromatic heterocycles. The standard InChI is InChI=1S/C19H23N3O3S/c23-19-12-17-8-11-22(26(24,25)21-9-4-5-10-21)15-18(17)14-20(19)13-16-6-2-1-3-7-16/h1-3,6-7,12,14H,4-5,8-11,13,15H2. The zero-order valence-corrected chi connectivity index (χ0v) is 15.5. The summed E-state index contributed by atoms with van der Waals surface area (Å²) in [5.74, 6) is 0. The predicted octanol–water partition coefficient (Wildman–Crippen LogP) is 1.60. The van der Waals surface area contributed by atoms with E-state index in [1.54, 1.807) is 19.2 Å². The van der Waals surface area contributed by atoms with E-state index in [4.69, 9.17) is 0 Å². The molecule has 0 saturated carbocycles. The van der Waals surface area contributed by atoms with Gasteiger partial charge < -0.3 is 4.57 Å². The summed E-state index contributed by atoms with van der Waals surface area (Å²) >= 11 is 0. The van der Waals surface area contributed by atoms with Crippen LogP contribution in [0.1, 0.15) is 29.5 Å². The number of hydrogen-bond acceptors (Lipinski definition) is 3. The van der Waals surface area contributed by atoms with E-state index >= 15 is 0 Å². The number of aromatic nitrogens is 1. The van der Waals surface area contributed by atoms with Gasteiger partial charge in [-0.05, 0) is 36.0 Å². The molecule has 138 valence electrons. The van der Waals surface area contributed by atoms with Crippen LogP contribution in [-0.2, 0) is 29.7 Å². The van der Waals surface area contributed by atoms with Gasteiger partial charge in [-0.1, -0.05) is 30.3 Å². The Bertz CT molecular complexity index is 948. The lowest BCUT2D eigenvalue weighted by Gasteiger charge is -2.31. The summed E-state index contributed by atoms with van der Waals surface area (Å²) in [6, 6.07) is 11.5. The molecule has 1 saturated heterocycles. The van der Waals surface area contributed by atoms with E-state index in [9.17, 15) is 13.2 Å². The van der Waals surface area contributed by atoms with Crippen LogP contribution >= 0.6 is 0 Å². The molecule has 0 spiro atoms. The van der Waals surface area contributed by atoms with Gasteiger partial charge in [0.1, 0.15) is 0 Å². The molecule has 0 aliphatic carbocycles. The van der Waals surface area contributed by atoms with Crippen molar-refractivity contribution in [1.29, 1.82) is 0 Å². The van der Waals surface area contributed by atoms with Gasteiger partial charge in [0.05, 0.1) is 6.54 Å². The zero-order chi connectivity index (χ0) is 18.1. The van der Waals surface area contributed by atoms with E-state index in [-0.39, 0.29) is 5.56 Å². The Balaban J connectivity index is 1.60. The fourth-order valence-electron chi connectivity index (χ4n) is 3.73. The van der Waals surface area contributed by atoms with E-state index < -0.39 is 10.2 Å². The average Bonchev–Trinajstić information content (AvgIpc) is 3.18. The van der Waals surface area contributed by atoms with Crippen molar-refractivity contribution in [3.8, 4) is 0 Å². The number of benzene rings is 1. The van der Waals surface area contributed by atoms with Gasteiger partial charge in [0, 0.05) is 38.4 Å². The fourth-order valence-corrected chi connectivity index (χ4v) is 5.40. The van der Waals surface area contributed by atoms with Gasteiger partial charge in [-0.3, -0.25) is 4.79 Å². The maximum atomic E-state index is 12.8. The van der Waals surface area contributed by atoms with Crippen molar-refractivity contribution < 1.29 is 8.42 Å². The third-order valence-corrected chi connectivity index (χ3v) is 7.18. The molecular weight excluding hydrogens is 350 g/mol. The molecule has 1 fully saturated rings. The van der Waals surface area contributed by atoms with Gasteiger partial charge in [-0.25, -0.2) is 0 Å². The average molecular weight is 373 g/mol. The van der Waals surface area contributed by atoms with Crippen LogP contribution in [0, 0.1) is 0 Å². The summed E-state index contributed by atoms with van der Waals surface area (Å²) < 4.78 is 30.4. The van der Waals surface area contributed by atoms with Crippen molar-refractivity contribution in [2.45, 2.75) is 32.4 Å². The fraction of sp³-hybridized carbons (Fsp3) is 0.421. The van der Waals surface area contributed by atoms with Crippen LogP contribution in [0.3, 0.4) is 0 Å². The minimum Gasteiger partial charge on any atom is -0.311 e. The van der Waals surface area contributed by atoms with E-state index in [2.05, 4.69) is 0 Å². The number of nitrogens with zero attached hydrogens (tertiary/aromatic N) is 3. The lowest BCUT2D eigenvalue weighted by Crippen LogP contribution is -2.45. The molecule has 2 aliphatic rings. The lowest BCUT2D eigenvalue weighted by molar-refractivity contribution is 0.344. The summed E-state index contributed by atoms with van der Waals surface area (Å²) in [5.41, 5.74) is 2.90. The van der Waals surface area contributed by atoms with Crippen molar-refractivity contribution in [3.05, 3.63) is 69.6 Å². The molecule has 0 bridgehead atoms. The summed E-state index contributed by atoms with van der Waals surface area (Å²) in [5, 5.41) is 0. The van der Waals surface area contributed by atoms with Crippen molar-refractivity contribution >= 4 is 10.2 Å². The molecule has 2 aromatic rings. The SMILES string of the molecule is O=c1cc2c(cn1Cc1ccccc1)CN(S(=O)(=O)N1CCCC1)CC2. The molecule has 2 aliphatic heterocycles. The number of hydrogen-bond donors (Lipinski definition) is 0. The molecular formula is C19H23N3O3S. The summed E-state index contributed by atoms with van der Waals surface area (Å²) in [6.45, 7) is 2.49. The number of fused-ring (bicyclic) bond motifs is 1. The van der Waals surface area contributed by atoms with Gasteiger partial charge in [-0.15, -0.1) is 0 Å². The second kappa shape index (κ2) is 6.98. The van der Waals surface area contributed by atoms with Crippen molar-refractivity contribution in [3.63, 3.8) is 0 Å². The topological polar surface area (TPSA) is 62.6 Å². The second-order valence-corrected chi connectivity index (χ2v) is 8.90. The van der Waals surface area contributed by atoms with E-state index in [1.807, 2.05) is 36.5 Å². The van der Waals surface area contributed by atoms with Gasteiger partial charge in [0.15, 0.2) is 0 Å². The molecule has 0 unspecified atom stereocenters. The third kappa shape index (κ3) is 3.34. The van der Waals surface area contributed by atoms with Crippen LogP contribution in [0.5, 0.6) is 0 Å². The highest BCUT2D eigenvalue weighted by atomic mass is 32.2. The smallest absolute Gasteiger partial charge is 0.282 e. The van der Waals surface area contributed by atoms with Crippen LogP contribution in [0.2, 0.25) is 0 Å². The number of rotatable bonds is 4. The maximum absolute atomic E-state index is 12.8. The minimum atomic E-state index is -3.41. The van der Waals surface area contributed by atoms with Gasteiger partial charge >= 0.3 is 0 Å². The molecule has 1 aromatic carbocycles. The van der Waals surface area contributed by atoms with Crippen molar-refractivity contribution in [2.24, 2.45) is 0 Å². The Morgan fingerprint density at radius 2 is 1.65 bits per heavy atom. The minimum absolute atomic E-state index is 0.0385. The van der Waals surface area contributed by atoms with Crippen LogP contribution in [0.15, 0.2) is 47.4 Å². The molecule has 7 heteroatoms. The highest BCUT2D eigenvalue weighted by Crippen LogP contribution is 2.24. The summed E-state index contributed by atoms with van der Waals surface area (Å²) in [7, 11) is -3.41. The van der Waals surface area contributed by atoms with Crippen LogP contribution < -0.4 is 5.56 Å². The first-order valence-electron chi connectivity index (χ1n) is 9.05. The van der Waals surface area contributed by atoms with Crippen LogP contribution in [0.25, 0.3) is 0 Å². The van der Waals surface area contributed by atoms with Crippen molar-refractivity contribution in [1.82, 2.24) is 13.2 Å². The van der Waals surface area contributed by atoms with E-state index in [0.717, 1.165) is 29.5 Å². The Morgan fingerprint density at radius 1 is 0.923 bits per heavy atom. The Hall–Kier alpha value is -1.96. The largest absolute Gasteiger partial charge is 0.311 e. The van der Waals surface area contributed by atoms with Crippen LogP contribution in [0.4, 0.5) is 0 Å². The van der Waals surface area contributed by atoms with E-state index in [0.29, 0.717) is 39.1 Å². The highest BCUT2D eigenvalue weighted by molar-refractivity contribution is 7.86. The second-order valence-electron chi connectivity index (χ2n) is 6.97. The molecule has 6 nitrogen and oxygen atoms in total. The number of pyridine rings is 1. The van der Waals surface area contributed by atoms with Gasteiger partial charge in [0.25, 0.3) is 15.8 Å². The molecule has 3 heterocycles. The molecule has 26 heavy (non-hydrogen) atoms. The molecule has 0 amide bonds. The van der Waals surface area contributed by atoms with Crippen LogP contribution in [-0.4, -0.2) is 41.2 Å². The maximum Gasteiger partial charge on any atom is 0.282 e. The highest BCUT2D eigenvalue weighted by Gasteiger charge is 2.33. The first-order valence-corrected chi connectivity index (χ1v) is 10.4. The zero-order valence-electron chi connectivity index (χ0n) is 14.7. The normalized spacial score (nSPS) is 18.8. The Morgan fingerprint density at radius 3 is 2.38 bits per heavy atom. The third-order valence-electron chi connectivity index (χ3n) is 5.20. The predicted molar refractivity (Wildman–Crippen MR) is 100 cm³/mol. The lowest BCUT2D eigenvalue weighted by atomic mass is 10.0. The monoisotopic (exact) mass is 373 g/mol. The Kier molecular flexibility index (Phi) is 4.69. The first kappa shape index (κ1) is 17.5. The quantitative estimate of drug-likeness (QED) is 0.818. The molecule has 0 atom stereocenters. The molecule has 4 rings (SSSR count). The molecule has 0 radical (unpaired) electrons. The van der Waals surface area contributed by atoms with E-state index in [1.165, 1.54) is 0 Å². The summed E-state index contributed by atoms with van der Waals surface area (Å²) in [4.78, 5) is 12.4. The van der Waals surface area contributed by atoms with Crippen molar-refractivity contribution in [2.75, 3.05) is 19.6 Å². The summed E-state index contributed by atoms with van der Waals surface area (Å²) in [6.07, 6.45) is 4.28. The Labute approximate surface area is 153 Å². The molecule has 0 N–H and O–H groups in total. The van der Waals surface area contributed by atoms with Gasteiger partial charge in [-0.2, -0.15) is 17.0 Å². The van der Waals surface area contributed by atoms with Gasteiger partial charge in [0.2, 0.25) is 0 Å². The first-order chi connectivity index (χ1) is 12.5.